The van der Waals surface area contributed by atoms with Gasteiger partial charge in [-0.1, -0.05) is 0 Å². The van der Waals surface area contributed by atoms with Gasteiger partial charge in [0, 0.05) is 5.69 Å². The molecule has 0 amide bonds. The van der Waals surface area contributed by atoms with Gasteiger partial charge in [-0.2, -0.15) is 0 Å². The number of nitrogen functional groups attached to an aromatic ring is 1. The highest BCUT2D eigenvalue weighted by Gasteiger charge is 2.00. The van der Waals surface area contributed by atoms with Crippen LogP contribution in [0, 0.1) is 13.8 Å². The quantitative estimate of drug-likeness (QED) is 0.626. The predicted molar refractivity (Wildman–Crippen MR) is 51.5 cm³/mol. The number of hydrogen-bond donors (Lipinski definition) is 2. The molecule has 0 aliphatic carbocycles. The van der Waals surface area contributed by atoms with E-state index >= 15 is 0 Å². The summed E-state index contributed by atoms with van der Waals surface area (Å²) < 4.78 is 0. The first-order valence-corrected chi connectivity index (χ1v) is 3.93. The summed E-state index contributed by atoms with van der Waals surface area (Å²) in [4.78, 5) is 4.23. The molecule has 0 aliphatic rings. The summed E-state index contributed by atoms with van der Waals surface area (Å²) in [5.41, 5.74) is 8.47. The topological polar surface area (TPSA) is 50.9 Å². The normalized spacial score (nSPS) is 9.73. The maximum atomic E-state index is 5.66. The fourth-order valence-corrected chi connectivity index (χ4v) is 1.07. The first kappa shape index (κ1) is 8.28. The van der Waals surface area contributed by atoms with Crippen LogP contribution in [0.4, 0.5) is 11.5 Å². The van der Waals surface area contributed by atoms with Crippen LogP contribution in [0.5, 0.6) is 0 Å². The maximum absolute atomic E-state index is 5.66. The van der Waals surface area contributed by atoms with Crippen molar-refractivity contribution in [2.24, 2.45) is 0 Å². The molecule has 1 unspecified atom stereocenters. The molecule has 0 aromatic carbocycles. The molecule has 1 heterocycles. The van der Waals surface area contributed by atoms with Crippen molar-refractivity contribution < 1.29 is 0 Å². The van der Waals surface area contributed by atoms with Crippen LogP contribution < -0.4 is 10.8 Å². The smallest absolute Gasteiger partial charge is 0.152 e. The molecule has 0 aliphatic heterocycles. The van der Waals surface area contributed by atoms with Gasteiger partial charge in [-0.15, -0.1) is 0 Å². The number of pyridine rings is 1. The molecule has 1 rings (SSSR count). The average Bonchev–Trinajstić information content (AvgIpc) is 1.97. The zero-order chi connectivity index (χ0) is 8.43. The van der Waals surface area contributed by atoms with Gasteiger partial charge in [-0.05, 0) is 34.9 Å². The van der Waals surface area contributed by atoms with E-state index in [-0.39, 0.29) is 0 Å². The van der Waals surface area contributed by atoms with Gasteiger partial charge in [0.2, 0.25) is 0 Å². The number of hydrogen-bond acceptors (Lipinski definition) is 3. The lowest BCUT2D eigenvalue weighted by Crippen LogP contribution is -1.98. The van der Waals surface area contributed by atoms with Crippen molar-refractivity contribution >= 4 is 20.9 Å². The van der Waals surface area contributed by atoms with Gasteiger partial charge in [0.15, 0.2) is 5.82 Å². The van der Waals surface area contributed by atoms with E-state index in [1.165, 1.54) is 0 Å². The van der Waals surface area contributed by atoms with Crippen LogP contribution in [-0.4, -0.2) is 4.98 Å². The summed E-state index contributed by atoms with van der Waals surface area (Å²) in [6, 6.07) is 1.91. The minimum atomic E-state index is 0.683. The number of aromatic nitrogens is 1. The fourth-order valence-electron chi connectivity index (χ4n) is 0.842. The average molecular weight is 169 g/mol. The van der Waals surface area contributed by atoms with E-state index in [1.54, 1.807) is 0 Å². The highest BCUT2D eigenvalue weighted by atomic mass is 31.0. The van der Waals surface area contributed by atoms with Crippen molar-refractivity contribution in [1.82, 2.24) is 4.98 Å². The second-order valence-corrected chi connectivity index (χ2v) is 2.76. The summed E-state index contributed by atoms with van der Waals surface area (Å²) in [6.07, 6.45) is 0. The molecule has 3 N–H and O–H groups in total. The summed E-state index contributed by atoms with van der Waals surface area (Å²) in [5, 5.41) is 2.84. The van der Waals surface area contributed by atoms with Gasteiger partial charge >= 0.3 is 0 Å². The standard InChI is InChI=1S/C7H12N3P/c1-4-3-6(8)7(10-11)9-5(4)2/h3H,8,11H2,1-2H3,(H,9,10). The fraction of sp³-hybridized carbons (Fsp3) is 0.286. The first-order valence-electron chi connectivity index (χ1n) is 3.35. The minimum absolute atomic E-state index is 0.683. The molecule has 0 spiro atoms. The van der Waals surface area contributed by atoms with Crippen LogP contribution >= 0.6 is 9.39 Å². The highest BCUT2D eigenvalue weighted by Crippen LogP contribution is 2.19. The Bertz CT molecular complexity index is 273. The van der Waals surface area contributed by atoms with Crippen molar-refractivity contribution in [3.05, 3.63) is 17.3 Å². The summed E-state index contributed by atoms with van der Waals surface area (Å²) in [5.74, 6) is 0.720. The predicted octanol–water partition coefficient (Wildman–Crippen LogP) is 1.48. The van der Waals surface area contributed by atoms with Crippen LogP contribution in [-0.2, 0) is 0 Å². The summed E-state index contributed by atoms with van der Waals surface area (Å²) >= 11 is 0. The van der Waals surface area contributed by atoms with E-state index in [9.17, 15) is 0 Å². The molecule has 0 bridgehead atoms. The first-order chi connectivity index (χ1) is 5.15. The molecule has 1 aromatic rings. The molecule has 0 fully saturated rings. The van der Waals surface area contributed by atoms with Crippen molar-refractivity contribution in [3.8, 4) is 0 Å². The number of anilines is 2. The Balaban J connectivity index is 3.21. The number of nitrogens with one attached hydrogen (secondary N) is 1. The lowest BCUT2D eigenvalue weighted by Gasteiger charge is -2.06. The molecule has 4 heteroatoms. The molecular formula is C7H12N3P. The molecule has 3 nitrogen and oxygen atoms in total. The Labute approximate surface area is 68.7 Å². The summed E-state index contributed by atoms with van der Waals surface area (Å²) in [7, 11) is 2.37. The van der Waals surface area contributed by atoms with Gasteiger partial charge in [0.05, 0.1) is 5.69 Å². The molecule has 1 aromatic heterocycles. The largest absolute Gasteiger partial charge is 0.396 e. The molecular weight excluding hydrogens is 157 g/mol. The van der Waals surface area contributed by atoms with E-state index in [0.29, 0.717) is 5.69 Å². The third-order valence-electron chi connectivity index (χ3n) is 1.63. The Morgan fingerprint density at radius 1 is 1.55 bits per heavy atom. The minimum Gasteiger partial charge on any atom is -0.396 e. The zero-order valence-electron chi connectivity index (χ0n) is 6.68. The van der Waals surface area contributed by atoms with E-state index in [4.69, 9.17) is 5.73 Å². The SMILES string of the molecule is Cc1cc(N)c(NP)nc1C. The van der Waals surface area contributed by atoms with Crippen LogP contribution in [0.3, 0.4) is 0 Å². The third kappa shape index (κ3) is 1.60. The van der Waals surface area contributed by atoms with Crippen LogP contribution in [0.25, 0.3) is 0 Å². The molecule has 0 saturated heterocycles. The third-order valence-corrected chi connectivity index (χ3v) is 1.91. The maximum Gasteiger partial charge on any atom is 0.152 e. The number of nitrogens with two attached hydrogens (primary N) is 1. The zero-order valence-corrected chi connectivity index (χ0v) is 7.83. The number of aryl methyl sites for hydroxylation is 2. The van der Waals surface area contributed by atoms with E-state index in [0.717, 1.165) is 17.1 Å². The Morgan fingerprint density at radius 2 is 2.18 bits per heavy atom. The van der Waals surface area contributed by atoms with Crippen LogP contribution in [0.1, 0.15) is 11.3 Å². The van der Waals surface area contributed by atoms with Gasteiger partial charge in [0.25, 0.3) is 0 Å². The van der Waals surface area contributed by atoms with Crippen molar-refractivity contribution in [2.75, 3.05) is 10.8 Å². The molecule has 0 radical (unpaired) electrons. The lowest BCUT2D eigenvalue weighted by atomic mass is 10.2. The monoisotopic (exact) mass is 169 g/mol. The van der Waals surface area contributed by atoms with Crippen LogP contribution in [0.2, 0.25) is 0 Å². The second-order valence-electron chi connectivity index (χ2n) is 2.47. The lowest BCUT2D eigenvalue weighted by molar-refractivity contribution is 1.16. The van der Waals surface area contributed by atoms with Crippen LogP contribution in [0.15, 0.2) is 6.07 Å². The van der Waals surface area contributed by atoms with Crippen molar-refractivity contribution in [2.45, 2.75) is 13.8 Å². The van der Waals surface area contributed by atoms with E-state index < -0.39 is 0 Å². The molecule has 60 valence electrons. The van der Waals surface area contributed by atoms with E-state index in [2.05, 4.69) is 19.5 Å². The summed E-state index contributed by atoms with van der Waals surface area (Å²) in [6.45, 7) is 3.95. The number of rotatable bonds is 1. The van der Waals surface area contributed by atoms with Crippen molar-refractivity contribution in [1.29, 1.82) is 0 Å². The van der Waals surface area contributed by atoms with Gasteiger partial charge in [-0.3, -0.25) is 0 Å². The highest BCUT2D eigenvalue weighted by molar-refractivity contribution is 7.18. The van der Waals surface area contributed by atoms with Gasteiger partial charge in [-0.25, -0.2) is 4.98 Å². The molecule has 1 atom stereocenters. The number of nitrogens with zero attached hydrogens (tertiary/aromatic N) is 1. The Morgan fingerprint density at radius 3 is 2.73 bits per heavy atom. The van der Waals surface area contributed by atoms with Crippen molar-refractivity contribution in [3.63, 3.8) is 0 Å². The Kier molecular flexibility index (Phi) is 2.30. The molecule has 11 heavy (non-hydrogen) atoms. The molecule has 0 saturated carbocycles. The van der Waals surface area contributed by atoms with Gasteiger partial charge < -0.3 is 10.8 Å². The van der Waals surface area contributed by atoms with E-state index in [1.807, 2.05) is 19.9 Å². The second kappa shape index (κ2) is 3.05. The van der Waals surface area contributed by atoms with Gasteiger partial charge in [0.1, 0.15) is 0 Å². The Hall–Kier alpha value is -0.820.